The number of hydrogen-bond donors (Lipinski definition) is 2. The molecular formula is C11H20N4O2. The van der Waals surface area contributed by atoms with E-state index in [0.717, 1.165) is 18.8 Å². The predicted molar refractivity (Wildman–Crippen MR) is 67.0 cm³/mol. The van der Waals surface area contributed by atoms with Gasteiger partial charge in [0.15, 0.2) is 0 Å². The summed E-state index contributed by atoms with van der Waals surface area (Å²) in [5, 5.41) is 3.17. The van der Waals surface area contributed by atoms with Crippen LogP contribution < -0.4 is 11.1 Å². The number of ether oxygens (including phenoxy) is 2. The molecule has 1 heterocycles. The SMILES string of the molecule is COCCOCCCNc1cc(N)nc(C)n1. The molecule has 6 heteroatoms. The van der Waals surface area contributed by atoms with Gasteiger partial charge >= 0.3 is 0 Å². The molecule has 96 valence electrons. The van der Waals surface area contributed by atoms with Crippen molar-refractivity contribution in [1.29, 1.82) is 0 Å². The molecule has 17 heavy (non-hydrogen) atoms. The molecule has 0 spiro atoms. The van der Waals surface area contributed by atoms with Gasteiger partial charge in [-0.3, -0.25) is 0 Å². The quantitative estimate of drug-likeness (QED) is 0.655. The summed E-state index contributed by atoms with van der Waals surface area (Å²) in [5.41, 5.74) is 5.62. The van der Waals surface area contributed by atoms with Crippen molar-refractivity contribution < 1.29 is 9.47 Å². The highest BCUT2D eigenvalue weighted by Crippen LogP contribution is 2.07. The maximum absolute atomic E-state index is 5.62. The number of aromatic nitrogens is 2. The Hall–Kier alpha value is -1.40. The summed E-state index contributed by atoms with van der Waals surface area (Å²) in [6, 6.07) is 1.72. The van der Waals surface area contributed by atoms with Crippen LogP contribution in [0.1, 0.15) is 12.2 Å². The van der Waals surface area contributed by atoms with E-state index < -0.39 is 0 Å². The van der Waals surface area contributed by atoms with Crippen molar-refractivity contribution in [3.63, 3.8) is 0 Å². The molecule has 0 atom stereocenters. The van der Waals surface area contributed by atoms with E-state index in [9.17, 15) is 0 Å². The van der Waals surface area contributed by atoms with Crippen molar-refractivity contribution in [3.05, 3.63) is 11.9 Å². The Balaban J connectivity index is 2.13. The zero-order chi connectivity index (χ0) is 12.5. The summed E-state index contributed by atoms with van der Waals surface area (Å²) in [7, 11) is 1.66. The average molecular weight is 240 g/mol. The summed E-state index contributed by atoms with van der Waals surface area (Å²) in [6.45, 7) is 4.58. The van der Waals surface area contributed by atoms with Crippen LogP contribution >= 0.6 is 0 Å². The number of nitrogens with one attached hydrogen (secondary N) is 1. The van der Waals surface area contributed by atoms with Gasteiger partial charge in [-0.1, -0.05) is 0 Å². The monoisotopic (exact) mass is 240 g/mol. The van der Waals surface area contributed by atoms with Crippen LogP contribution in [0.15, 0.2) is 6.07 Å². The van der Waals surface area contributed by atoms with Gasteiger partial charge < -0.3 is 20.5 Å². The van der Waals surface area contributed by atoms with Crippen molar-refractivity contribution in [3.8, 4) is 0 Å². The molecule has 0 amide bonds. The molecule has 1 aromatic rings. The van der Waals surface area contributed by atoms with E-state index >= 15 is 0 Å². The van der Waals surface area contributed by atoms with Crippen LogP contribution in [0.4, 0.5) is 11.6 Å². The molecule has 6 nitrogen and oxygen atoms in total. The van der Waals surface area contributed by atoms with Crippen LogP contribution in [0.5, 0.6) is 0 Å². The van der Waals surface area contributed by atoms with Gasteiger partial charge in [0.05, 0.1) is 13.2 Å². The second kappa shape index (κ2) is 7.81. The zero-order valence-electron chi connectivity index (χ0n) is 10.4. The fraction of sp³-hybridized carbons (Fsp3) is 0.636. The summed E-state index contributed by atoms with van der Waals surface area (Å²) >= 11 is 0. The average Bonchev–Trinajstić information content (AvgIpc) is 2.26. The topological polar surface area (TPSA) is 82.3 Å². The second-order valence-corrected chi connectivity index (χ2v) is 3.61. The van der Waals surface area contributed by atoms with Gasteiger partial charge in [0, 0.05) is 26.3 Å². The van der Waals surface area contributed by atoms with Crippen LogP contribution in [0, 0.1) is 6.92 Å². The van der Waals surface area contributed by atoms with E-state index in [1.165, 1.54) is 0 Å². The Labute approximate surface area is 102 Å². The van der Waals surface area contributed by atoms with E-state index in [4.69, 9.17) is 15.2 Å². The number of rotatable bonds is 8. The maximum atomic E-state index is 5.62. The third kappa shape index (κ3) is 6.03. The first-order valence-corrected chi connectivity index (χ1v) is 5.64. The molecule has 0 aromatic carbocycles. The number of hydrogen-bond acceptors (Lipinski definition) is 6. The summed E-state index contributed by atoms with van der Waals surface area (Å²) in [4.78, 5) is 8.22. The van der Waals surface area contributed by atoms with Gasteiger partial charge in [-0.25, -0.2) is 9.97 Å². The van der Waals surface area contributed by atoms with Gasteiger partial charge in [-0.15, -0.1) is 0 Å². The van der Waals surface area contributed by atoms with Crippen molar-refractivity contribution in [1.82, 2.24) is 9.97 Å². The summed E-state index contributed by atoms with van der Waals surface area (Å²) in [5.74, 6) is 1.91. The highest BCUT2D eigenvalue weighted by atomic mass is 16.5. The second-order valence-electron chi connectivity index (χ2n) is 3.61. The number of methoxy groups -OCH3 is 1. The molecule has 0 bridgehead atoms. The minimum Gasteiger partial charge on any atom is -0.384 e. The first-order valence-electron chi connectivity index (χ1n) is 5.64. The van der Waals surface area contributed by atoms with Crippen molar-refractivity contribution in [2.45, 2.75) is 13.3 Å². The Morgan fingerprint density at radius 2 is 2.12 bits per heavy atom. The molecule has 0 saturated heterocycles. The minimum absolute atomic E-state index is 0.483. The standard InChI is InChI=1S/C11H20N4O2/c1-9-14-10(12)8-11(15-9)13-4-3-5-17-7-6-16-2/h8H,3-7H2,1-2H3,(H3,12,13,14,15). The van der Waals surface area contributed by atoms with E-state index in [1.54, 1.807) is 13.2 Å². The van der Waals surface area contributed by atoms with Crippen LogP contribution in [0.2, 0.25) is 0 Å². The van der Waals surface area contributed by atoms with Gasteiger partial charge in [-0.05, 0) is 13.3 Å². The molecule has 1 aromatic heterocycles. The molecule has 3 N–H and O–H groups in total. The molecule has 0 aliphatic rings. The van der Waals surface area contributed by atoms with Crippen LogP contribution in [0.25, 0.3) is 0 Å². The number of nitrogen functional groups attached to an aromatic ring is 1. The Kier molecular flexibility index (Phi) is 6.27. The molecular weight excluding hydrogens is 220 g/mol. The molecule has 0 aliphatic heterocycles. The van der Waals surface area contributed by atoms with Gasteiger partial charge in [0.2, 0.25) is 0 Å². The molecule has 0 radical (unpaired) electrons. The summed E-state index contributed by atoms with van der Waals surface area (Å²) < 4.78 is 10.2. The van der Waals surface area contributed by atoms with Crippen molar-refractivity contribution in [2.24, 2.45) is 0 Å². The smallest absolute Gasteiger partial charge is 0.131 e. The van der Waals surface area contributed by atoms with Crippen LogP contribution in [0.3, 0.4) is 0 Å². The molecule has 0 aliphatic carbocycles. The number of anilines is 2. The highest BCUT2D eigenvalue weighted by molar-refractivity contribution is 5.44. The lowest BCUT2D eigenvalue weighted by molar-refractivity contribution is 0.0705. The Morgan fingerprint density at radius 1 is 1.29 bits per heavy atom. The maximum Gasteiger partial charge on any atom is 0.131 e. The van der Waals surface area contributed by atoms with Crippen molar-refractivity contribution in [2.75, 3.05) is 44.5 Å². The number of nitrogens with two attached hydrogens (primary N) is 1. The lowest BCUT2D eigenvalue weighted by atomic mass is 10.4. The number of aryl methyl sites for hydroxylation is 1. The zero-order valence-corrected chi connectivity index (χ0v) is 10.4. The number of nitrogens with zero attached hydrogens (tertiary/aromatic N) is 2. The first kappa shape index (κ1) is 13.7. The van der Waals surface area contributed by atoms with E-state index in [0.29, 0.717) is 31.5 Å². The first-order chi connectivity index (χ1) is 8.22. The third-order valence-electron chi connectivity index (χ3n) is 2.06. The molecule has 0 unspecified atom stereocenters. The minimum atomic E-state index is 0.483. The fourth-order valence-electron chi connectivity index (χ4n) is 1.32. The van der Waals surface area contributed by atoms with Gasteiger partial charge in [0.25, 0.3) is 0 Å². The normalized spacial score (nSPS) is 10.5. The molecule has 0 fully saturated rings. The Bertz CT molecular complexity index is 313. The molecule has 1 rings (SSSR count). The van der Waals surface area contributed by atoms with Crippen LogP contribution in [-0.2, 0) is 9.47 Å². The fourth-order valence-corrected chi connectivity index (χ4v) is 1.32. The predicted octanol–water partition coefficient (Wildman–Crippen LogP) is 0.832. The van der Waals surface area contributed by atoms with E-state index in [2.05, 4.69) is 15.3 Å². The van der Waals surface area contributed by atoms with Gasteiger partial charge in [0.1, 0.15) is 17.5 Å². The van der Waals surface area contributed by atoms with Gasteiger partial charge in [-0.2, -0.15) is 0 Å². The molecule has 0 saturated carbocycles. The van der Waals surface area contributed by atoms with Crippen LogP contribution in [-0.4, -0.2) is 43.4 Å². The Morgan fingerprint density at radius 3 is 2.82 bits per heavy atom. The summed E-state index contributed by atoms with van der Waals surface area (Å²) in [6.07, 6.45) is 0.909. The van der Waals surface area contributed by atoms with E-state index in [-0.39, 0.29) is 0 Å². The van der Waals surface area contributed by atoms with E-state index in [1.807, 2.05) is 6.92 Å². The van der Waals surface area contributed by atoms with Crippen molar-refractivity contribution >= 4 is 11.6 Å². The lowest BCUT2D eigenvalue weighted by Crippen LogP contribution is -2.10. The largest absolute Gasteiger partial charge is 0.384 e. The lowest BCUT2D eigenvalue weighted by Gasteiger charge is -2.07. The highest BCUT2D eigenvalue weighted by Gasteiger charge is 1.98. The third-order valence-corrected chi connectivity index (χ3v) is 2.06.